The van der Waals surface area contributed by atoms with Gasteiger partial charge in [0, 0.05) is 12.5 Å². The summed E-state index contributed by atoms with van der Waals surface area (Å²) in [4.78, 5) is 11.4. The molecule has 1 aromatic heterocycles. The smallest absolute Gasteiger partial charge is 0.344 e. The van der Waals surface area contributed by atoms with Gasteiger partial charge in [-0.15, -0.1) is 0 Å². The quantitative estimate of drug-likeness (QED) is 0.538. The van der Waals surface area contributed by atoms with Crippen LogP contribution in [0.1, 0.15) is 30.6 Å². The molecule has 1 heterocycles. The van der Waals surface area contributed by atoms with E-state index in [2.05, 4.69) is 6.92 Å². The van der Waals surface area contributed by atoms with Crippen molar-refractivity contribution in [3.63, 3.8) is 0 Å². The van der Waals surface area contributed by atoms with E-state index >= 15 is 0 Å². The maximum absolute atomic E-state index is 11.4. The lowest BCUT2D eigenvalue weighted by Gasteiger charge is -2.00. The Morgan fingerprint density at radius 1 is 1.50 bits per heavy atom. The van der Waals surface area contributed by atoms with Crippen LogP contribution in [0.25, 0.3) is 0 Å². The standard InChI is InChI=1S/C11H16NO2/c1-3-7-12-8-5-6-10(9-12)11(13)14-4-2/h5-6,8-9H,3-4,7H2,1-2H3/q+1. The molecule has 0 aliphatic carbocycles. The summed E-state index contributed by atoms with van der Waals surface area (Å²) in [5, 5.41) is 0. The summed E-state index contributed by atoms with van der Waals surface area (Å²) in [7, 11) is 0. The van der Waals surface area contributed by atoms with Crippen LogP contribution in [0, 0.1) is 0 Å². The van der Waals surface area contributed by atoms with Crippen LogP contribution in [0.2, 0.25) is 0 Å². The summed E-state index contributed by atoms with van der Waals surface area (Å²) < 4.78 is 6.90. The Hall–Kier alpha value is -1.38. The number of aromatic nitrogens is 1. The summed E-state index contributed by atoms with van der Waals surface area (Å²) in [5.74, 6) is -0.252. The van der Waals surface area contributed by atoms with Gasteiger partial charge >= 0.3 is 5.97 Å². The number of aryl methyl sites for hydroxylation is 1. The van der Waals surface area contributed by atoms with E-state index < -0.39 is 0 Å². The van der Waals surface area contributed by atoms with Crippen molar-refractivity contribution in [3.05, 3.63) is 30.1 Å². The Morgan fingerprint density at radius 3 is 2.93 bits per heavy atom. The molecule has 0 unspecified atom stereocenters. The zero-order valence-corrected chi connectivity index (χ0v) is 8.69. The molecule has 0 saturated carbocycles. The van der Waals surface area contributed by atoms with Gasteiger partial charge in [0.05, 0.1) is 6.61 Å². The monoisotopic (exact) mass is 194 g/mol. The van der Waals surface area contributed by atoms with Crippen LogP contribution >= 0.6 is 0 Å². The number of hydrogen-bond donors (Lipinski definition) is 0. The molecule has 0 atom stereocenters. The van der Waals surface area contributed by atoms with E-state index in [0.29, 0.717) is 12.2 Å². The van der Waals surface area contributed by atoms with Gasteiger partial charge in [-0.05, 0) is 13.0 Å². The first-order chi connectivity index (χ1) is 6.77. The van der Waals surface area contributed by atoms with Gasteiger partial charge in [0.2, 0.25) is 0 Å². The molecule has 1 rings (SSSR count). The SMILES string of the molecule is CCC[n+]1cccc(C(=O)OCC)c1. The lowest BCUT2D eigenvalue weighted by atomic mass is 10.3. The molecule has 14 heavy (non-hydrogen) atoms. The Labute approximate surface area is 84.3 Å². The number of esters is 1. The van der Waals surface area contributed by atoms with E-state index in [4.69, 9.17) is 4.74 Å². The van der Waals surface area contributed by atoms with Gasteiger partial charge in [-0.3, -0.25) is 0 Å². The van der Waals surface area contributed by atoms with Crippen LogP contribution in [0.5, 0.6) is 0 Å². The van der Waals surface area contributed by atoms with Crippen LogP contribution in [-0.4, -0.2) is 12.6 Å². The zero-order valence-electron chi connectivity index (χ0n) is 8.69. The predicted octanol–water partition coefficient (Wildman–Crippen LogP) is 1.56. The van der Waals surface area contributed by atoms with Crippen molar-refractivity contribution in [1.82, 2.24) is 0 Å². The van der Waals surface area contributed by atoms with E-state index in [1.807, 2.05) is 23.0 Å². The van der Waals surface area contributed by atoms with Crippen LogP contribution in [0.4, 0.5) is 0 Å². The summed E-state index contributed by atoms with van der Waals surface area (Å²) in [6, 6.07) is 3.63. The first-order valence-corrected chi connectivity index (χ1v) is 4.94. The highest BCUT2D eigenvalue weighted by Crippen LogP contribution is 1.97. The molecular formula is C11H16NO2+. The van der Waals surface area contributed by atoms with Gasteiger partial charge in [0.15, 0.2) is 12.4 Å². The molecule has 0 aliphatic rings. The predicted molar refractivity (Wildman–Crippen MR) is 52.9 cm³/mol. The topological polar surface area (TPSA) is 30.2 Å². The highest BCUT2D eigenvalue weighted by Gasteiger charge is 2.10. The third-order valence-electron chi connectivity index (χ3n) is 1.85. The van der Waals surface area contributed by atoms with Crippen molar-refractivity contribution in [3.8, 4) is 0 Å². The molecule has 0 radical (unpaired) electrons. The van der Waals surface area contributed by atoms with Crippen molar-refractivity contribution in [1.29, 1.82) is 0 Å². The molecule has 0 spiro atoms. The first kappa shape index (κ1) is 10.7. The average Bonchev–Trinajstić information content (AvgIpc) is 2.19. The maximum Gasteiger partial charge on any atom is 0.344 e. The fraction of sp³-hybridized carbons (Fsp3) is 0.455. The van der Waals surface area contributed by atoms with E-state index in [1.54, 1.807) is 13.0 Å². The molecule has 1 aromatic rings. The third-order valence-corrected chi connectivity index (χ3v) is 1.85. The lowest BCUT2D eigenvalue weighted by molar-refractivity contribution is -0.697. The van der Waals surface area contributed by atoms with E-state index in [0.717, 1.165) is 13.0 Å². The molecule has 0 bridgehead atoms. The van der Waals surface area contributed by atoms with Gasteiger partial charge in [0.1, 0.15) is 12.1 Å². The fourth-order valence-corrected chi connectivity index (χ4v) is 1.25. The Morgan fingerprint density at radius 2 is 2.29 bits per heavy atom. The van der Waals surface area contributed by atoms with Gasteiger partial charge < -0.3 is 4.74 Å². The van der Waals surface area contributed by atoms with Gasteiger partial charge in [-0.1, -0.05) is 6.92 Å². The summed E-state index contributed by atoms with van der Waals surface area (Å²) >= 11 is 0. The van der Waals surface area contributed by atoms with Crippen molar-refractivity contribution in [2.45, 2.75) is 26.8 Å². The highest BCUT2D eigenvalue weighted by molar-refractivity contribution is 5.88. The Bertz CT molecular complexity index is 310. The second-order valence-electron chi connectivity index (χ2n) is 3.05. The molecule has 3 heteroatoms. The molecule has 0 saturated heterocycles. The lowest BCUT2D eigenvalue weighted by Crippen LogP contribution is -2.33. The van der Waals surface area contributed by atoms with Crippen molar-refractivity contribution < 1.29 is 14.1 Å². The molecular weight excluding hydrogens is 178 g/mol. The number of nitrogens with zero attached hydrogens (tertiary/aromatic N) is 1. The number of rotatable bonds is 4. The zero-order chi connectivity index (χ0) is 10.4. The largest absolute Gasteiger partial charge is 0.462 e. The minimum atomic E-state index is -0.252. The third kappa shape index (κ3) is 2.83. The molecule has 76 valence electrons. The summed E-state index contributed by atoms with van der Waals surface area (Å²) in [5.41, 5.74) is 0.614. The maximum atomic E-state index is 11.4. The summed E-state index contributed by atoms with van der Waals surface area (Å²) in [6.07, 6.45) is 4.82. The fourth-order valence-electron chi connectivity index (χ4n) is 1.25. The van der Waals surface area contributed by atoms with Crippen LogP contribution < -0.4 is 4.57 Å². The molecule has 0 amide bonds. The first-order valence-electron chi connectivity index (χ1n) is 4.94. The van der Waals surface area contributed by atoms with E-state index in [-0.39, 0.29) is 5.97 Å². The normalized spacial score (nSPS) is 9.86. The molecule has 3 nitrogen and oxygen atoms in total. The van der Waals surface area contributed by atoms with Crippen LogP contribution in [0.3, 0.4) is 0 Å². The highest BCUT2D eigenvalue weighted by atomic mass is 16.5. The Kier molecular flexibility index (Phi) is 4.11. The van der Waals surface area contributed by atoms with E-state index in [1.165, 1.54) is 0 Å². The molecule has 0 aromatic carbocycles. The molecule has 0 fully saturated rings. The number of carbonyl (C=O) groups excluding carboxylic acids is 1. The van der Waals surface area contributed by atoms with Gasteiger partial charge in [-0.2, -0.15) is 0 Å². The number of hydrogen-bond acceptors (Lipinski definition) is 2. The second-order valence-corrected chi connectivity index (χ2v) is 3.05. The van der Waals surface area contributed by atoms with Gasteiger partial charge in [-0.25, -0.2) is 9.36 Å². The Balaban J connectivity index is 2.77. The van der Waals surface area contributed by atoms with Crippen LogP contribution in [0.15, 0.2) is 24.5 Å². The van der Waals surface area contributed by atoms with Crippen molar-refractivity contribution >= 4 is 5.97 Å². The second kappa shape index (κ2) is 5.37. The number of ether oxygens (including phenoxy) is 1. The molecule has 0 aliphatic heterocycles. The minimum absolute atomic E-state index is 0.252. The van der Waals surface area contributed by atoms with Crippen LogP contribution in [-0.2, 0) is 11.3 Å². The molecule has 0 N–H and O–H groups in total. The number of pyridine rings is 1. The van der Waals surface area contributed by atoms with E-state index in [9.17, 15) is 4.79 Å². The summed E-state index contributed by atoms with van der Waals surface area (Å²) in [6.45, 7) is 5.25. The average molecular weight is 194 g/mol. The number of carbonyl (C=O) groups is 1. The van der Waals surface area contributed by atoms with Crippen molar-refractivity contribution in [2.24, 2.45) is 0 Å². The van der Waals surface area contributed by atoms with Gasteiger partial charge in [0.25, 0.3) is 0 Å². The van der Waals surface area contributed by atoms with Crippen molar-refractivity contribution in [2.75, 3.05) is 6.61 Å². The minimum Gasteiger partial charge on any atom is -0.462 e.